The van der Waals surface area contributed by atoms with Crippen molar-refractivity contribution < 1.29 is 0 Å². The first kappa shape index (κ1) is 7.25. The molecule has 1 aromatic carbocycles. The normalized spacial score (nSPS) is 20.0. The summed E-state index contributed by atoms with van der Waals surface area (Å²) in [7, 11) is 0. The number of hydrogen-bond donors (Lipinski definition) is 2. The summed E-state index contributed by atoms with van der Waals surface area (Å²) in [5.74, 6) is 0.856. The molecule has 0 unspecified atom stereocenters. The van der Waals surface area contributed by atoms with E-state index in [1.807, 2.05) is 0 Å². The molecule has 0 atom stereocenters. The third kappa shape index (κ3) is 1.26. The van der Waals surface area contributed by atoms with Gasteiger partial charge in [-0.2, -0.15) is 0 Å². The first-order chi connectivity index (χ1) is 6.43. The number of hydrogen-bond acceptors (Lipinski definition) is 2. The fourth-order valence-corrected chi connectivity index (χ4v) is 1.93. The van der Waals surface area contributed by atoms with Gasteiger partial charge in [-0.15, -0.1) is 0 Å². The Morgan fingerprint density at radius 1 is 1.00 bits per heavy atom. The Balaban J connectivity index is 1.98. The minimum Gasteiger partial charge on any atom is -0.382 e. The number of fused-ring (bicyclic) bond motifs is 1. The highest BCUT2D eigenvalue weighted by Crippen LogP contribution is 2.42. The Hall–Kier alpha value is -1.18. The highest BCUT2D eigenvalue weighted by Gasteiger charge is 2.24. The van der Waals surface area contributed by atoms with E-state index in [2.05, 4.69) is 28.8 Å². The zero-order valence-corrected chi connectivity index (χ0v) is 7.64. The molecule has 2 aliphatic rings. The molecule has 1 fully saturated rings. The van der Waals surface area contributed by atoms with Crippen LogP contribution in [0.3, 0.4) is 0 Å². The average Bonchev–Trinajstić information content (AvgIpc) is 3.00. The van der Waals surface area contributed by atoms with Crippen LogP contribution >= 0.6 is 0 Å². The van der Waals surface area contributed by atoms with E-state index in [9.17, 15) is 0 Å². The Bertz CT molecular complexity index is 329. The molecule has 0 aromatic heterocycles. The van der Waals surface area contributed by atoms with Crippen LogP contribution in [0.15, 0.2) is 18.2 Å². The maximum Gasteiger partial charge on any atom is 0.0579 e. The molecule has 2 heteroatoms. The third-order valence-corrected chi connectivity index (χ3v) is 2.85. The van der Waals surface area contributed by atoms with Gasteiger partial charge in [0.1, 0.15) is 0 Å². The molecule has 2 N–H and O–H groups in total. The maximum absolute atomic E-state index is 3.42. The molecule has 2 nitrogen and oxygen atoms in total. The van der Waals surface area contributed by atoms with Crippen LogP contribution in [0, 0.1) is 0 Å². The van der Waals surface area contributed by atoms with Gasteiger partial charge in [0.05, 0.1) is 11.4 Å². The van der Waals surface area contributed by atoms with Gasteiger partial charge in [-0.3, -0.25) is 0 Å². The van der Waals surface area contributed by atoms with E-state index in [1.165, 1.54) is 29.8 Å². The summed E-state index contributed by atoms with van der Waals surface area (Å²) >= 11 is 0. The summed E-state index contributed by atoms with van der Waals surface area (Å²) in [6.45, 7) is 2.08. The van der Waals surface area contributed by atoms with E-state index in [4.69, 9.17) is 0 Å². The van der Waals surface area contributed by atoms with Crippen molar-refractivity contribution in [3.8, 4) is 0 Å². The smallest absolute Gasteiger partial charge is 0.0579 e. The number of benzene rings is 1. The van der Waals surface area contributed by atoms with E-state index >= 15 is 0 Å². The second-order valence-electron chi connectivity index (χ2n) is 3.93. The highest BCUT2D eigenvalue weighted by atomic mass is 15.0. The highest BCUT2D eigenvalue weighted by molar-refractivity contribution is 5.71. The molecule has 1 aliphatic heterocycles. The van der Waals surface area contributed by atoms with E-state index < -0.39 is 0 Å². The van der Waals surface area contributed by atoms with Crippen molar-refractivity contribution in [3.63, 3.8) is 0 Å². The van der Waals surface area contributed by atoms with Gasteiger partial charge in [-0.05, 0) is 36.5 Å². The second-order valence-corrected chi connectivity index (χ2v) is 3.93. The van der Waals surface area contributed by atoms with Crippen LogP contribution in [-0.4, -0.2) is 13.1 Å². The van der Waals surface area contributed by atoms with Crippen LogP contribution in [0.1, 0.15) is 24.3 Å². The second kappa shape index (κ2) is 2.66. The Morgan fingerprint density at radius 2 is 1.77 bits per heavy atom. The number of nitrogens with one attached hydrogen (secondary N) is 2. The molecule has 1 saturated carbocycles. The monoisotopic (exact) mass is 174 g/mol. The summed E-state index contributed by atoms with van der Waals surface area (Å²) in [6.07, 6.45) is 2.76. The lowest BCUT2D eigenvalue weighted by molar-refractivity contribution is 1.04. The summed E-state index contributed by atoms with van der Waals surface area (Å²) in [6, 6.07) is 6.77. The lowest BCUT2D eigenvalue weighted by atomic mass is 10.1. The van der Waals surface area contributed by atoms with Crippen molar-refractivity contribution in [1.29, 1.82) is 0 Å². The molecule has 13 heavy (non-hydrogen) atoms. The largest absolute Gasteiger partial charge is 0.382 e. The predicted molar refractivity (Wildman–Crippen MR) is 55.4 cm³/mol. The molecule has 68 valence electrons. The molecule has 0 saturated heterocycles. The minimum absolute atomic E-state index is 0.856. The standard InChI is InChI=1S/C11H14N2/c1-2-8(1)9-3-4-10-11(7-9)13-6-5-12-10/h3-4,7-8,12-13H,1-2,5-6H2. The van der Waals surface area contributed by atoms with E-state index in [0.29, 0.717) is 0 Å². The van der Waals surface area contributed by atoms with Gasteiger partial charge in [0.15, 0.2) is 0 Å². The maximum atomic E-state index is 3.42. The summed E-state index contributed by atoms with van der Waals surface area (Å²) < 4.78 is 0. The van der Waals surface area contributed by atoms with E-state index in [1.54, 1.807) is 0 Å². The molecule has 0 bridgehead atoms. The van der Waals surface area contributed by atoms with Crippen LogP contribution in [0.2, 0.25) is 0 Å². The Labute approximate surface area is 78.3 Å². The van der Waals surface area contributed by atoms with Crippen LogP contribution in [-0.2, 0) is 0 Å². The molecule has 0 amide bonds. The summed E-state index contributed by atoms with van der Waals surface area (Å²) in [5, 5.41) is 6.81. The van der Waals surface area contributed by atoms with Crippen LogP contribution in [0.4, 0.5) is 11.4 Å². The first-order valence-corrected chi connectivity index (χ1v) is 5.05. The van der Waals surface area contributed by atoms with Gasteiger partial charge in [-0.25, -0.2) is 0 Å². The summed E-state index contributed by atoms with van der Waals surface area (Å²) in [5.41, 5.74) is 4.06. The van der Waals surface area contributed by atoms with Gasteiger partial charge in [0.25, 0.3) is 0 Å². The van der Waals surface area contributed by atoms with Gasteiger partial charge < -0.3 is 10.6 Å². The topological polar surface area (TPSA) is 24.1 Å². The molecule has 0 radical (unpaired) electrons. The fraction of sp³-hybridized carbons (Fsp3) is 0.455. The van der Waals surface area contributed by atoms with Gasteiger partial charge in [-0.1, -0.05) is 6.07 Å². The number of anilines is 2. The van der Waals surface area contributed by atoms with Crippen molar-refractivity contribution >= 4 is 11.4 Å². The molecule has 1 aliphatic carbocycles. The van der Waals surface area contributed by atoms with E-state index in [-0.39, 0.29) is 0 Å². The zero-order valence-electron chi connectivity index (χ0n) is 7.64. The van der Waals surface area contributed by atoms with Crippen molar-refractivity contribution in [2.24, 2.45) is 0 Å². The Kier molecular flexibility index (Phi) is 1.48. The third-order valence-electron chi connectivity index (χ3n) is 2.85. The molecule has 1 heterocycles. The van der Waals surface area contributed by atoms with Crippen molar-refractivity contribution in [3.05, 3.63) is 23.8 Å². The lowest BCUT2D eigenvalue weighted by Crippen LogP contribution is -2.20. The SMILES string of the molecule is c1cc2c(cc1C1CC1)NCCN2. The van der Waals surface area contributed by atoms with Crippen molar-refractivity contribution in [2.75, 3.05) is 23.7 Å². The van der Waals surface area contributed by atoms with Crippen molar-refractivity contribution in [1.82, 2.24) is 0 Å². The van der Waals surface area contributed by atoms with Crippen LogP contribution in [0.5, 0.6) is 0 Å². The minimum atomic E-state index is 0.856. The first-order valence-electron chi connectivity index (χ1n) is 5.05. The average molecular weight is 174 g/mol. The lowest BCUT2D eigenvalue weighted by Gasteiger charge is -2.20. The van der Waals surface area contributed by atoms with Gasteiger partial charge >= 0.3 is 0 Å². The van der Waals surface area contributed by atoms with Crippen LogP contribution < -0.4 is 10.6 Å². The molecule has 3 rings (SSSR count). The molecular formula is C11H14N2. The summed E-state index contributed by atoms with van der Waals surface area (Å²) in [4.78, 5) is 0. The number of rotatable bonds is 1. The fourth-order valence-electron chi connectivity index (χ4n) is 1.93. The quantitative estimate of drug-likeness (QED) is 0.683. The van der Waals surface area contributed by atoms with Crippen molar-refractivity contribution in [2.45, 2.75) is 18.8 Å². The molecular weight excluding hydrogens is 160 g/mol. The van der Waals surface area contributed by atoms with Gasteiger partial charge in [0, 0.05) is 13.1 Å². The van der Waals surface area contributed by atoms with E-state index in [0.717, 1.165) is 19.0 Å². The molecule has 0 spiro atoms. The van der Waals surface area contributed by atoms with Crippen LogP contribution in [0.25, 0.3) is 0 Å². The zero-order chi connectivity index (χ0) is 8.67. The Morgan fingerprint density at radius 3 is 2.54 bits per heavy atom. The van der Waals surface area contributed by atoms with Gasteiger partial charge in [0.2, 0.25) is 0 Å². The predicted octanol–water partition coefficient (Wildman–Crippen LogP) is 2.40. The molecule has 1 aromatic rings.